The maximum atomic E-state index is 11.6. The molecule has 0 unspecified atom stereocenters. The van der Waals surface area contributed by atoms with Crippen LogP contribution in [0.25, 0.3) is 6.08 Å². The van der Waals surface area contributed by atoms with Crippen LogP contribution < -0.4 is 10.1 Å². The van der Waals surface area contributed by atoms with E-state index in [9.17, 15) is 9.59 Å². The number of thioether (sulfide) groups is 1. The number of aryl methyl sites for hydroxylation is 1. The van der Waals surface area contributed by atoms with Crippen molar-refractivity contribution in [3.8, 4) is 5.75 Å². The fourth-order valence-electron chi connectivity index (χ4n) is 2.14. The van der Waals surface area contributed by atoms with Gasteiger partial charge < -0.3 is 4.74 Å². The van der Waals surface area contributed by atoms with E-state index in [1.165, 1.54) is 5.56 Å². The number of para-hydroxylation sites is 1. The van der Waals surface area contributed by atoms with Crippen molar-refractivity contribution in [3.63, 3.8) is 0 Å². The second-order valence-corrected chi connectivity index (χ2v) is 6.18. The van der Waals surface area contributed by atoms with Crippen molar-refractivity contribution in [2.24, 2.45) is 0 Å². The van der Waals surface area contributed by atoms with Crippen LogP contribution in [-0.4, -0.2) is 11.1 Å². The SMILES string of the molecule is Cc1ccc(COc2ccccc2/C=C2/SC(=O)NC2=O)cc1. The molecule has 1 fully saturated rings. The Morgan fingerprint density at radius 2 is 1.83 bits per heavy atom. The van der Waals surface area contributed by atoms with Crippen LogP contribution in [0.2, 0.25) is 0 Å². The lowest BCUT2D eigenvalue weighted by Gasteiger charge is -2.09. The average Bonchev–Trinajstić information content (AvgIpc) is 2.86. The van der Waals surface area contributed by atoms with Crippen molar-refractivity contribution in [2.75, 3.05) is 0 Å². The third-order valence-electron chi connectivity index (χ3n) is 3.36. The summed E-state index contributed by atoms with van der Waals surface area (Å²) in [4.78, 5) is 23.3. The van der Waals surface area contributed by atoms with Gasteiger partial charge in [0.25, 0.3) is 11.1 Å². The third-order valence-corrected chi connectivity index (χ3v) is 4.17. The topological polar surface area (TPSA) is 55.4 Å². The van der Waals surface area contributed by atoms with Crippen LogP contribution in [0.3, 0.4) is 0 Å². The van der Waals surface area contributed by atoms with Gasteiger partial charge in [-0.05, 0) is 36.4 Å². The van der Waals surface area contributed by atoms with E-state index in [0.29, 0.717) is 17.3 Å². The zero-order valence-electron chi connectivity index (χ0n) is 12.5. The minimum absolute atomic E-state index is 0.348. The van der Waals surface area contributed by atoms with E-state index >= 15 is 0 Å². The quantitative estimate of drug-likeness (QED) is 0.866. The normalized spacial score (nSPS) is 15.8. The maximum absolute atomic E-state index is 11.6. The molecule has 2 amide bonds. The summed E-state index contributed by atoms with van der Waals surface area (Å²) >= 11 is 0.899. The zero-order valence-corrected chi connectivity index (χ0v) is 13.4. The van der Waals surface area contributed by atoms with Crippen molar-refractivity contribution in [2.45, 2.75) is 13.5 Å². The number of carbonyl (C=O) groups excluding carboxylic acids is 2. The summed E-state index contributed by atoms with van der Waals surface area (Å²) < 4.78 is 5.86. The highest BCUT2D eigenvalue weighted by atomic mass is 32.2. The van der Waals surface area contributed by atoms with E-state index in [4.69, 9.17) is 4.74 Å². The van der Waals surface area contributed by atoms with Gasteiger partial charge in [0.05, 0.1) is 4.91 Å². The molecule has 1 N–H and O–H groups in total. The Bertz CT molecular complexity index is 781. The maximum Gasteiger partial charge on any atom is 0.290 e. The van der Waals surface area contributed by atoms with Gasteiger partial charge in [-0.25, -0.2) is 0 Å². The van der Waals surface area contributed by atoms with Crippen LogP contribution >= 0.6 is 11.8 Å². The number of hydrogen-bond acceptors (Lipinski definition) is 4. The van der Waals surface area contributed by atoms with Crippen molar-refractivity contribution < 1.29 is 14.3 Å². The number of benzene rings is 2. The molecule has 0 saturated carbocycles. The molecule has 0 spiro atoms. The van der Waals surface area contributed by atoms with Crippen LogP contribution in [0.15, 0.2) is 53.4 Å². The van der Waals surface area contributed by atoms with E-state index in [0.717, 1.165) is 22.9 Å². The highest BCUT2D eigenvalue weighted by Crippen LogP contribution is 2.29. The van der Waals surface area contributed by atoms with Gasteiger partial charge in [-0.15, -0.1) is 0 Å². The van der Waals surface area contributed by atoms with Gasteiger partial charge in [-0.3, -0.25) is 14.9 Å². The molecule has 0 aromatic heterocycles. The molecule has 1 heterocycles. The number of nitrogens with one attached hydrogen (secondary N) is 1. The van der Waals surface area contributed by atoms with E-state index < -0.39 is 0 Å². The molecule has 5 heteroatoms. The van der Waals surface area contributed by atoms with Crippen LogP contribution in [0, 0.1) is 6.92 Å². The standard InChI is InChI=1S/C18H15NO3S/c1-12-6-8-13(9-7-12)11-22-15-5-3-2-4-14(15)10-16-17(20)19-18(21)23-16/h2-10H,11H2,1H3,(H,19,20,21)/b16-10+. The molecule has 1 saturated heterocycles. The van der Waals surface area contributed by atoms with E-state index in [2.05, 4.69) is 5.32 Å². The van der Waals surface area contributed by atoms with Crippen LogP contribution in [-0.2, 0) is 11.4 Å². The lowest BCUT2D eigenvalue weighted by molar-refractivity contribution is -0.115. The summed E-state index contributed by atoms with van der Waals surface area (Å²) in [6.45, 7) is 2.48. The van der Waals surface area contributed by atoms with Crippen LogP contribution in [0.4, 0.5) is 4.79 Å². The Hall–Kier alpha value is -2.53. The largest absolute Gasteiger partial charge is 0.488 e. The fraction of sp³-hybridized carbons (Fsp3) is 0.111. The highest BCUT2D eigenvalue weighted by Gasteiger charge is 2.25. The first-order valence-electron chi connectivity index (χ1n) is 7.14. The highest BCUT2D eigenvalue weighted by molar-refractivity contribution is 8.18. The first-order valence-corrected chi connectivity index (χ1v) is 7.96. The van der Waals surface area contributed by atoms with E-state index in [-0.39, 0.29) is 11.1 Å². The summed E-state index contributed by atoms with van der Waals surface area (Å²) in [5.74, 6) is 0.307. The molecule has 1 aliphatic heterocycles. The summed E-state index contributed by atoms with van der Waals surface area (Å²) in [6, 6.07) is 15.6. The van der Waals surface area contributed by atoms with Gasteiger partial charge in [0.1, 0.15) is 12.4 Å². The number of rotatable bonds is 4. The Kier molecular flexibility index (Phi) is 4.48. The predicted molar refractivity (Wildman–Crippen MR) is 91.1 cm³/mol. The first-order chi connectivity index (χ1) is 11.1. The molecule has 1 aliphatic rings. The van der Waals surface area contributed by atoms with Crippen molar-refractivity contribution in [1.29, 1.82) is 0 Å². The lowest BCUT2D eigenvalue weighted by Crippen LogP contribution is -2.17. The smallest absolute Gasteiger partial charge is 0.290 e. The molecule has 0 radical (unpaired) electrons. The first kappa shape index (κ1) is 15.4. The Morgan fingerprint density at radius 1 is 1.09 bits per heavy atom. The minimum atomic E-state index is -0.367. The molecule has 4 nitrogen and oxygen atoms in total. The summed E-state index contributed by atoms with van der Waals surface area (Å²) in [5, 5.41) is 1.90. The Balaban J connectivity index is 1.78. The van der Waals surface area contributed by atoms with Crippen LogP contribution in [0.1, 0.15) is 16.7 Å². The Labute approximate surface area is 138 Å². The van der Waals surface area contributed by atoms with E-state index in [1.807, 2.05) is 55.5 Å². The molecule has 0 atom stereocenters. The number of ether oxygens (including phenoxy) is 1. The number of carbonyl (C=O) groups is 2. The van der Waals surface area contributed by atoms with Gasteiger partial charge >= 0.3 is 0 Å². The summed E-state index contributed by atoms with van der Waals surface area (Å²) in [5.41, 5.74) is 3.04. The van der Waals surface area contributed by atoms with Crippen molar-refractivity contribution in [3.05, 3.63) is 70.1 Å². The molecule has 23 heavy (non-hydrogen) atoms. The van der Waals surface area contributed by atoms with Gasteiger partial charge in [-0.2, -0.15) is 0 Å². The second-order valence-electron chi connectivity index (χ2n) is 5.16. The molecule has 2 aromatic rings. The average molecular weight is 325 g/mol. The number of amides is 2. The second kappa shape index (κ2) is 6.71. The molecule has 2 aromatic carbocycles. The third kappa shape index (κ3) is 3.81. The lowest BCUT2D eigenvalue weighted by atomic mass is 10.1. The molecular formula is C18H15NO3S. The van der Waals surface area contributed by atoms with Gasteiger partial charge in [-0.1, -0.05) is 48.0 Å². The minimum Gasteiger partial charge on any atom is -0.488 e. The number of imide groups is 1. The molecular weight excluding hydrogens is 310 g/mol. The summed E-state index contributed by atoms with van der Waals surface area (Å²) in [7, 11) is 0. The number of hydrogen-bond donors (Lipinski definition) is 1. The summed E-state index contributed by atoms with van der Waals surface area (Å²) in [6.07, 6.45) is 1.68. The van der Waals surface area contributed by atoms with E-state index in [1.54, 1.807) is 6.08 Å². The molecule has 0 bridgehead atoms. The van der Waals surface area contributed by atoms with Gasteiger partial charge in [0.15, 0.2) is 0 Å². The molecule has 0 aliphatic carbocycles. The van der Waals surface area contributed by atoms with Gasteiger partial charge in [0.2, 0.25) is 0 Å². The zero-order chi connectivity index (χ0) is 16.2. The molecule has 116 valence electrons. The Morgan fingerprint density at radius 3 is 2.52 bits per heavy atom. The van der Waals surface area contributed by atoms with Gasteiger partial charge in [0, 0.05) is 5.56 Å². The van der Waals surface area contributed by atoms with Crippen molar-refractivity contribution >= 4 is 29.0 Å². The van der Waals surface area contributed by atoms with Crippen molar-refractivity contribution in [1.82, 2.24) is 5.32 Å². The van der Waals surface area contributed by atoms with Crippen LogP contribution in [0.5, 0.6) is 5.75 Å². The fourth-order valence-corrected chi connectivity index (χ4v) is 2.81. The predicted octanol–water partition coefficient (Wildman–Crippen LogP) is 3.90. The molecule has 3 rings (SSSR count). The monoisotopic (exact) mass is 325 g/mol.